The van der Waals surface area contributed by atoms with Crippen molar-refractivity contribution in [2.45, 2.75) is 32.9 Å². The fourth-order valence-corrected chi connectivity index (χ4v) is 2.35. The van der Waals surface area contributed by atoms with Crippen LogP contribution in [0, 0.1) is 5.41 Å². The molecule has 17 heavy (non-hydrogen) atoms. The van der Waals surface area contributed by atoms with E-state index in [4.69, 9.17) is 17.3 Å². The molecule has 0 radical (unpaired) electrons. The maximum atomic E-state index is 14.8. The SMILES string of the molecule is CC(C)(C)C(F)(CN)Cc1ccc(Br)cc1Cl. The number of alkyl halides is 1. The maximum Gasteiger partial charge on any atom is 0.132 e. The van der Waals surface area contributed by atoms with Crippen LogP contribution in [0.2, 0.25) is 5.02 Å². The van der Waals surface area contributed by atoms with E-state index in [0.717, 1.165) is 10.0 Å². The lowest BCUT2D eigenvalue weighted by atomic mass is 9.74. The Bertz CT molecular complexity index is 403. The van der Waals surface area contributed by atoms with Gasteiger partial charge in [0.1, 0.15) is 5.67 Å². The van der Waals surface area contributed by atoms with E-state index in [1.807, 2.05) is 32.9 Å². The summed E-state index contributed by atoms with van der Waals surface area (Å²) in [4.78, 5) is 0. The molecule has 0 saturated heterocycles. The summed E-state index contributed by atoms with van der Waals surface area (Å²) < 4.78 is 15.7. The van der Waals surface area contributed by atoms with Gasteiger partial charge < -0.3 is 5.73 Å². The van der Waals surface area contributed by atoms with E-state index in [1.54, 1.807) is 6.07 Å². The highest BCUT2D eigenvalue weighted by Gasteiger charge is 2.41. The first-order valence-electron chi connectivity index (χ1n) is 5.52. The third-order valence-electron chi connectivity index (χ3n) is 3.15. The average Bonchev–Trinajstić information content (AvgIpc) is 2.20. The summed E-state index contributed by atoms with van der Waals surface area (Å²) in [6.45, 7) is 5.55. The van der Waals surface area contributed by atoms with E-state index in [2.05, 4.69) is 15.9 Å². The standard InChI is InChI=1S/C13H18BrClFN/c1-12(2,3)13(16,8-17)7-9-4-5-10(14)6-11(9)15/h4-6H,7-8,17H2,1-3H3. The topological polar surface area (TPSA) is 26.0 Å². The van der Waals surface area contributed by atoms with Gasteiger partial charge in [0, 0.05) is 22.5 Å². The highest BCUT2D eigenvalue weighted by molar-refractivity contribution is 9.10. The van der Waals surface area contributed by atoms with Crippen molar-refractivity contribution in [3.8, 4) is 0 Å². The third-order valence-corrected chi connectivity index (χ3v) is 4.00. The van der Waals surface area contributed by atoms with Gasteiger partial charge in [0.05, 0.1) is 0 Å². The van der Waals surface area contributed by atoms with Crippen LogP contribution < -0.4 is 5.73 Å². The van der Waals surface area contributed by atoms with Crippen LogP contribution in [-0.4, -0.2) is 12.2 Å². The second-order valence-electron chi connectivity index (χ2n) is 5.33. The zero-order valence-corrected chi connectivity index (χ0v) is 12.7. The van der Waals surface area contributed by atoms with Crippen molar-refractivity contribution in [2.24, 2.45) is 11.1 Å². The third kappa shape index (κ3) is 3.43. The van der Waals surface area contributed by atoms with Crippen molar-refractivity contribution in [1.82, 2.24) is 0 Å². The van der Waals surface area contributed by atoms with E-state index >= 15 is 0 Å². The normalized spacial score (nSPS) is 15.7. The van der Waals surface area contributed by atoms with Crippen molar-refractivity contribution in [2.75, 3.05) is 6.54 Å². The molecule has 0 aliphatic rings. The van der Waals surface area contributed by atoms with Gasteiger partial charge in [-0.15, -0.1) is 0 Å². The van der Waals surface area contributed by atoms with Gasteiger partial charge in [0.15, 0.2) is 0 Å². The Balaban J connectivity index is 3.03. The quantitative estimate of drug-likeness (QED) is 0.879. The molecule has 1 aromatic rings. The molecule has 1 atom stereocenters. The van der Waals surface area contributed by atoms with Crippen molar-refractivity contribution in [1.29, 1.82) is 0 Å². The van der Waals surface area contributed by atoms with Crippen molar-refractivity contribution < 1.29 is 4.39 Å². The molecule has 96 valence electrons. The number of nitrogens with two attached hydrogens (primary N) is 1. The van der Waals surface area contributed by atoms with E-state index in [9.17, 15) is 4.39 Å². The van der Waals surface area contributed by atoms with Gasteiger partial charge in [-0.05, 0) is 23.1 Å². The summed E-state index contributed by atoms with van der Waals surface area (Å²) in [5, 5.41) is 0.569. The molecule has 0 heterocycles. The van der Waals surface area contributed by atoms with Crippen LogP contribution >= 0.6 is 27.5 Å². The Morgan fingerprint density at radius 2 is 1.94 bits per heavy atom. The lowest BCUT2D eigenvalue weighted by Crippen LogP contribution is -2.47. The van der Waals surface area contributed by atoms with Gasteiger partial charge in [0.2, 0.25) is 0 Å². The van der Waals surface area contributed by atoms with E-state index in [-0.39, 0.29) is 13.0 Å². The van der Waals surface area contributed by atoms with Gasteiger partial charge >= 0.3 is 0 Å². The number of rotatable bonds is 3. The molecule has 1 unspecified atom stereocenters. The average molecular weight is 323 g/mol. The Morgan fingerprint density at radius 1 is 1.35 bits per heavy atom. The van der Waals surface area contributed by atoms with Gasteiger partial charge in [-0.1, -0.05) is 54.4 Å². The van der Waals surface area contributed by atoms with Crippen LogP contribution in [0.25, 0.3) is 0 Å². The molecule has 0 spiro atoms. The summed E-state index contributed by atoms with van der Waals surface area (Å²) in [5.74, 6) is 0. The van der Waals surface area contributed by atoms with Crippen molar-refractivity contribution in [3.05, 3.63) is 33.3 Å². The number of halogens is 3. The summed E-state index contributed by atoms with van der Waals surface area (Å²) in [5.41, 5.74) is 4.41. The van der Waals surface area contributed by atoms with Crippen LogP contribution in [0.3, 0.4) is 0 Å². The largest absolute Gasteiger partial charge is 0.327 e. The molecule has 0 aliphatic carbocycles. The molecule has 0 amide bonds. The smallest absolute Gasteiger partial charge is 0.132 e. The first-order chi connectivity index (χ1) is 7.69. The molecular formula is C13H18BrClFN. The van der Waals surface area contributed by atoms with Gasteiger partial charge in [0.25, 0.3) is 0 Å². The molecule has 0 aromatic heterocycles. The fraction of sp³-hybridized carbons (Fsp3) is 0.538. The van der Waals surface area contributed by atoms with Crippen LogP contribution in [0.4, 0.5) is 4.39 Å². The zero-order valence-electron chi connectivity index (χ0n) is 10.4. The Morgan fingerprint density at radius 3 is 2.35 bits per heavy atom. The molecule has 0 bridgehead atoms. The summed E-state index contributed by atoms with van der Waals surface area (Å²) in [7, 11) is 0. The van der Waals surface area contributed by atoms with Crippen LogP contribution in [0.1, 0.15) is 26.3 Å². The molecule has 1 nitrogen and oxygen atoms in total. The minimum absolute atomic E-state index is 0.0110. The lowest BCUT2D eigenvalue weighted by molar-refractivity contribution is 0.0382. The second kappa shape index (κ2) is 5.25. The Kier molecular flexibility index (Phi) is 4.61. The van der Waals surface area contributed by atoms with Gasteiger partial charge in [-0.25, -0.2) is 4.39 Å². The number of hydrogen-bond acceptors (Lipinski definition) is 1. The first-order valence-corrected chi connectivity index (χ1v) is 6.69. The van der Waals surface area contributed by atoms with Crippen LogP contribution in [-0.2, 0) is 6.42 Å². The molecule has 0 saturated carbocycles. The summed E-state index contributed by atoms with van der Waals surface area (Å²) in [6.07, 6.45) is 0.235. The fourth-order valence-electron chi connectivity index (χ4n) is 1.61. The van der Waals surface area contributed by atoms with Crippen LogP contribution in [0.5, 0.6) is 0 Å². The summed E-state index contributed by atoms with van der Waals surface area (Å²) >= 11 is 9.43. The highest BCUT2D eigenvalue weighted by atomic mass is 79.9. The molecule has 2 N–H and O–H groups in total. The van der Waals surface area contributed by atoms with Gasteiger partial charge in [-0.3, -0.25) is 0 Å². The first kappa shape index (κ1) is 14.9. The zero-order chi connectivity index (χ0) is 13.3. The lowest BCUT2D eigenvalue weighted by Gasteiger charge is -2.37. The molecule has 1 rings (SSSR count). The van der Waals surface area contributed by atoms with E-state index in [0.29, 0.717) is 5.02 Å². The minimum Gasteiger partial charge on any atom is -0.327 e. The predicted octanol–water partition coefficient (Wildman–Crippen LogP) is 4.36. The van der Waals surface area contributed by atoms with Crippen LogP contribution in [0.15, 0.2) is 22.7 Å². The second-order valence-corrected chi connectivity index (χ2v) is 6.65. The van der Waals surface area contributed by atoms with Crippen molar-refractivity contribution in [3.63, 3.8) is 0 Å². The molecule has 1 aromatic carbocycles. The summed E-state index contributed by atoms with van der Waals surface area (Å²) in [6, 6.07) is 5.47. The Labute approximate surface area is 116 Å². The molecule has 0 fully saturated rings. The maximum absolute atomic E-state index is 14.8. The number of hydrogen-bond donors (Lipinski definition) is 1. The van der Waals surface area contributed by atoms with E-state index in [1.165, 1.54) is 0 Å². The minimum atomic E-state index is -1.45. The Hall–Kier alpha value is -0.120. The number of benzene rings is 1. The van der Waals surface area contributed by atoms with Gasteiger partial charge in [-0.2, -0.15) is 0 Å². The molecule has 0 aliphatic heterocycles. The van der Waals surface area contributed by atoms with E-state index < -0.39 is 11.1 Å². The van der Waals surface area contributed by atoms with Crippen molar-refractivity contribution >= 4 is 27.5 Å². The molecule has 4 heteroatoms. The predicted molar refractivity (Wildman–Crippen MR) is 75.2 cm³/mol. The highest BCUT2D eigenvalue weighted by Crippen LogP contribution is 2.38. The monoisotopic (exact) mass is 321 g/mol. The molecular weight excluding hydrogens is 305 g/mol.